The van der Waals surface area contributed by atoms with Crippen molar-refractivity contribution in [2.45, 2.75) is 38.5 Å². The zero-order chi connectivity index (χ0) is 17.8. The Bertz CT molecular complexity index is 716. The predicted octanol–water partition coefficient (Wildman–Crippen LogP) is 3.36. The van der Waals surface area contributed by atoms with Crippen LogP contribution in [0.4, 0.5) is 5.95 Å². The average molecular weight is 354 g/mol. The van der Waals surface area contributed by atoms with Crippen molar-refractivity contribution in [3.63, 3.8) is 0 Å². The van der Waals surface area contributed by atoms with Crippen LogP contribution in [0.15, 0.2) is 34.9 Å². The molecule has 1 aliphatic carbocycles. The van der Waals surface area contributed by atoms with Crippen molar-refractivity contribution in [3.8, 4) is 11.5 Å². The molecule has 6 heteroatoms. The fourth-order valence-corrected chi connectivity index (χ4v) is 3.97. The molecule has 1 aromatic heterocycles. The van der Waals surface area contributed by atoms with E-state index in [9.17, 15) is 4.79 Å². The van der Waals surface area contributed by atoms with Crippen molar-refractivity contribution in [3.05, 3.63) is 30.3 Å². The first kappa shape index (κ1) is 17.1. The molecule has 0 atom stereocenters. The van der Waals surface area contributed by atoms with Gasteiger partial charge in [0.25, 0.3) is 11.8 Å². The molecule has 1 aromatic carbocycles. The number of hydrogen-bond donors (Lipinski definition) is 0. The van der Waals surface area contributed by atoms with Crippen LogP contribution in [0.5, 0.6) is 0 Å². The van der Waals surface area contributed by atoms with E-state index in [4.69, 9.17) is 4.52 Å². The predicted molar refractivity (Wildman–Crippen MR) is 99.7 cm³/mol. The minimum Gasteiger partial charge on any atom is -0.339 e. The minimum absolute atomic E-state index is 0.314. The van der Waals surface area contributed by atoms with Crippen LogP contribution in [0.1, 0.15) is 38.5 Å². The molecule has 2 aromatic rings. The number of anilines is 1. The molecule has 0 radical (unpaired) electrons. The van der Waals surface area contributed by atoms with E-state index in [1.54, 1.807) is 0 Å². The van der Waals surface area contributed by atoms with Gasteiger partial charge in [-0.2, -0.15) is 4.98 Å². The monoisotopic (exact) mass is 354 g/mol. The summed E-state index contributed by atoms with van der Waals surface area (Å²) in [7, 11) is 0. The highest BCUT2D eigenvalue weighted by atomic mass is 16.5. The van der Waals surface area contributed by atoms with E-state index < -0.39 is 0 Å². The van der Waals surface area contributed by atoms with Gasteiger partial charge in [0.2, 0.25) is 5.91 Å². The molecule has 0 N–H and O–H groups in total. The molecule has 0 unspecified atom stereocenters. The van der Waals surface area contributed by atoms with E-state index in [1.165, 1.54) is 32.1 Å². The molecule has 138 valence electrons. The second-order valence-corrected chi connectivity index (χ2v) is 7.34. The van der Waals surface area contributed by atoms with Crippen LogP contribution in [0.25, 0.3) is 11.5 Å². The molecular formula is C20H26N4O2. The second kappa shape index (κ2) is 7.89. The summed E-state index contributed by atoms with van der Waals surface area (Å²) >= 11 is 0. The van der Waals surface area contributed by atoms with E-state index in [2.05, 4.69) is 15.0 Å². The van der Waals surface area contributed by atoms with Crippen LogP contribution < -0.4 is 4.90 Å². The lowest BCUT2D eigenvalue weighted by molar-refractivity contribution is -0.132. The van der Waals surface area contributed by atoms with E-state index in [0.29, 0.717) is 23.7 Å². The molecule has 2 fully saturated rings. The van der Waals surface area contributed by atoms with Gasteiger partial charge < -0.3 is 14.3 Å². The highest BCUT2D eigenvalue weighted by Gasteiger charge is 2.26. The molecule has 26 heavy (non-hydrogen) atoms. The van der Waals surface area contributed by atoms with Crippen molar-refractivity contribution in [1.29, 1.82) is 0 Å². The SMILES string of the molecule is O=C(CC1CCCCC1)N1CCN(c2noc(-c3ccccc3)n2)CC1. The molecule has 1 aliphatic heterocycles. The van der Waals surface area contributed by atoms with Crippen LogP contribution in [-0.2, 0) is 4.79 Å². The van der Waals surface area contributed by atoms with Gasteiger partial charge in [-0.1, -0.05) is 37.5 Å². The van der Waals surface area contributed by atoms with Crippen LogP contribution in [0, 0.1) is 5.92 Å². The zero-order valence-corrected chi connectivity index (χ0v) is 15.1. The summed E-state index contributed by atoms with van der Waals surface area (Å²) in [6, 6.07) is 9.79. The molecule has 1 amide bonds. The van der Waals surface area contributed by atoms with E-state index in [-0.39, 0.29) is 0 Å². The van der Waals surface area contributed by atoms with Crippen LogP contribution in [0.2, 0.25) is 0 Å². The van der Waals surface area contributed by atoms with Crippen molar-refractivity contribution < 1.29 is 9.32 Å². The Hall–Kier alpha value is -2.37. The summed E-state index contributed by atoms with van der Waals surface area (Å²) in [6.07, 6.45) is 7.06. The number of carbonyl (C=O) groups is 1. The van der Waals surface area contributed by atoms with Gasteiger partial charge in [0.1, 0.15) is 0 Å². The second-order valence-electron chi connectivity index (χ2n) is 7.34. The van der Waals surface area contributed by atoms with Gasteiger partial charge in [0.05, 0.1) is 0 Å². The third-order valence-corrected chi connectivity index (χ3v) is 5.54. The van der Waals surface area contributed by atoms with Crippen molar-refractivity contribution in [1.82, 2.24) is 15.0 Å². The van der Waals surface area contributed by atoms with E-state index in [1.807, 2.05) is 35.2 Å². The molecule has 6 nitrogen and oxygen atoms in total. The quantitative estimate of drug-likeness (QED) is 0.842. The van der Waals surface area contributed by atoms with E-state index in [0.717, 1.165) is 38.2 Å². The van der Waals surface area contributed by atoms with E-state index >= 15 is 0 Å². The number of rotatable bonds is 4. The Labute approximate surface area is 154 Å². The summed E-state index contributed by atoms with van der Waals surface area (Å²) in [5.74, 6) is 2.06. The molecule has 0 spiro atoms. The lowest BCUT2D eigenvalue weighted by atomic mass is 9.86. The van der Waals surface area contributed by atoms with Crippen LogP contribution in [-0.4, -0.2) is 47.1 Å². The third-order valence-electron chi connectivity index (χ3n) is 5.54. The van der Waals surface area contributed by atoms with Crippen molar-refractivity contribution >= 4 is 11.9 Å². The van der Waals surface area contributed by atoms with Gasteiger partial charge >= 0.3 is 0 Å². The Morgan fingerprint density at radius 3 is 2.50 bits per heavy atom. The molecule has 4 rings (SSSR count). The largest absolute Gasteiger partial charge is 0.339 e. The van der Waals surface area contributed by atoms with Gasteiger partial charge in [-0.25, -0.2) is 0 Å². The number of hydrogen-bond acceptors (Lipinski definition) is 5. The summed E-state index contributed by atoms with van der Waals surface area (Å²) in [5.41, 5.74) is 0.924. The van der Waals surface area contributed by atoms with Gasteiger partial charge in [-0.05, 0) is 36.0 Å². The maximum absolute atomic E-state index is 12.6. The van der Waals surface area contributed by atoms with Crippen molar-refractivity contribution in [2.75, 3.05) is 31.1 Å². The fraction of sp³-hybridized carbons (Fsp3) is 0.550. The highest BCUT2D eigenvalue weighted by Crippen LogP contribution is 2.27. The standard InChI is InChI=1S/C20H26N4O2/c25-18(15-16-7-3-1-4-8-16)23-11-13-24(14-12-23)20-21-19(26-22-20)17-9-5-2-6-10-17/h2,5-6,9-10,16H,1,3-4,7-8,11-15H2. The van der Waals surface area contributed by atoms with Gasteiger partial charge in [-0.3, -0.25) is 4.79 Å². The zero-order valence-electron chi connectivity index (χ0n) is 15.1. The molecule has 0 bridgehead atoms. The number of amides is 1. The Balaban J connectivity index is 1.31. The molecular weight excluding hydrogens is 328 g/mol. The normalized spacial score (nSPS) is 18.9. The van der Waals surface area contributed by atoms with Crippen molar-refractivity contribution in [2.24, 2.45) is 5.92 Å². The highest BCUT2D eigenvalue weighted by molar-refractivity contribution is 5.76. The first-order valence-electron chi connectivity index (χ1n) is 9.71. The molecule has 1 saturated carbocycles. The minimum atomic E-state index is 0.314. The molecule has 1 saturated heterocycles. The number of benzene rings is 1. The maximum Gasteiger partial charge on any atom is 0.266 e. The van der Waals surface area contributed by atoms with Gasteiger partial charge in [0.15, 0.2) is 0 Å². The summed E-state index contributed by atoms with van der Waals surface area (Å²) < 4.78 is 5.40. The Morgan fingerprint density at radius 1 is 1.04 bits per heavy atom. The van der Waals surface area contributed by atoms with Crippen LogP contribution >= 0.6 is 0 Å². The lowest BCUT2D eigenvalue weighted by Gasteiger charge is -2.35. The first-order valence-corrected chi connectivity index (χ1v) is 9.71. The van der Waals surface area contributed by atoms with Gasteiger partial charge in [0, 0.05) is 38.2 Å². The summed E-state index contributed by atoms with van der Waals surface area (Å²) in [4.78, 5) is 21.2. The Morgan fingerprint density at radius 2 is 1.77 bits per heavy atom. The maximum atomic E-state index is 12.6. The fourth-order valence-electron chi connectivity index (χ4n) is 3.97. The Kier molecular flexibility index (Phi) is 5.18. The lowest BCUT2D eigenvalue weighted by Crippen LogP contribution is -2.49. The third kappa shape index (κ3) is 3.89. The summed E-state index contributed by atoms with van der Waals surface area (Å²) in [5, 5.41) is 4.12. The topological polar surface area (TPSA) is 62.5 Å². The molecule has 2 aliphatic rings. The average Bonchev–Trinajstić information content (AvgIpc) is 3.20. The number of nitrogens with zero attached hydrogens (tertiary/aromatic N) is 4. The number of aromatic nitrogens is 2. The number of carbonyl (C=O) groups excluding carboxylic acids is 1. The van der Waals surface area contributed by atoms with Gasteiger partial charge in [-0.15, -0.1) is 0 Å². The first-order chi connectivity index (χ1) is 12.8. The van der Waals surface area contributed by atoms with Crippen LogP contribution in [0.3, 0.4) is 0 Å². The smallest absolute Gasteiger partial charge is 0.266 e. The summed E-state index contributed by atoms with van der Waals surface area (Å²) in [6.45, 7) is 2.98. The number of piperazine rings is 1. The molecule has 2 heterocycles.